The second-order valence-electron chi connectivity index (χ2n) is 8.77. The molecule has 1 saturated heterocycles. The van der Waals surface area contributed by atoms with E-state index in [1.54, 1.807) is 24.3 Å². The van der Waals surface area contributed by atoms with Gasteiger partial charge in [0.25, 0.3) is 11.7 Å². The second-order valence-corrected chi connectivity index (χ2v) is 8.77. The van der Waals surface area contributed by atoms with E-state index < -0.39 is 17.7 Å². The summed E-state index contributed by atoms with van der Waals surface area (Å²) in [6.07, 6.45) is 1.33. The fourth-order valence-corrected chi connectivity index (χ4v) is 4.73. The summed E-state index contributed by atoms with van der Waals surface area (Å²) in [4.78, 5) is 27.8. The van der Waals surface area contributed by atoms with Gasteiger partial charge in [-0.2, -0.15) is 0 Å². The highest BCUT2D eigenvalue weighted by molar-refractivity contribution is 6.46. The van der Waals surface area contributed by atoms with E-state index in [9.17, 15) is 19.8 Å². The third-order valence-electron chi connectivity index (χ3n) is 6.40. The van der Waals surface area contributed by atoms with Crippen molar-refractivity contribution in [3.05, 3.63) is 101 Å². The Balaban J connectivity index is 1.57. The summed E-state index contributed by atoms with van der Waals surface area (Å²) >= 11 is 0. The van der Waals surface area contributed by atoms with E-state index in [0.29, 0.717) is 30.5 Å². The molecule has 0 aromatic heterocycles. The van der Waals surface area contributed by atoms with Gasteiger partial charge < -0.3 is 19.8 Å². The van der Waals surface area contributed by atoms with Gasteiger partial charge in [0, 0.05) is 18.5 Å². The first-order chi connectivity index (χ1) is 16.4. The number of amides is 1. The lowest BCUT2D eigenvalue weighted by molar-refractivity contribution is -0.139. The average Bonchev–Trinajstić information content (AvgIpc) is 3.34. The van der Waals surface area contributed by atoms with Crippen LogP contribution in [0.25, 0.3) is 5.76 Å². The summed E-state index contributed by atoms with van der Waals surface area (Å²) < 4.78 is 5.75. The maximum absolute atomic E-state index is 13.2. The molecule has 0 aliphatic carbocycles. The number of rotatable bonds is 5. The van der Waals surface area contributed by atoms with Gasteiger partial charge in [0.05, 0.1) is 11.6 Å². The minimum absolute atomic E-state index is 0.0490. The van der Waals surface area contributed by atoms with Crippen LogP contribution in [0.15, 0.2) is 78.4 Å². The van der Waals surface area contributed by atoms with Crippen LogP contribution in [0, 0.1) is 0 Å². The number of likely N-dealkylation sites (tertiary alicyclic amines) is 1. The van der Waals surface area contributed by atoms with Gasteiger partial charge in [-0.25, -0.2) is 0 Å². The van der Waals surface area contributed by atoms with Crippen LogP contribution in [0.4, 0.5) is 0 Å². The smallest absolute Gasteiger partial charge is 0.295 e. The largest absolute Gasteiger partial charge is 0.508 e. The number of phenols is 1. The summed E-state index contributed by atoms with van der Waals surface area (Å²) in [6.45, 7) is 2.29. The van der Waals surface area contributed by atoms with Crippen molar-refractivity contribution < 1.29 is 24.5 Å². The Morgan fingerprint density at radius 1 is 1.03 bits per heavy atom. The van der Waals surface area contributed by atoms with E-state index >= 15 is 0 Å². The summed E-state index contributed by atoms with van der Waals surface area (Å²) in [5, 5.41) is 21.0. The van der Waals surface area contributed by atoms with Gasteiger partial charge >= 0.3 is 0 Å². The van der Waals surface area contributed by atoms with Gasteiger partial charge in [0.15, 0.2) is 0 Å². The molecule has 6 nitrogen and oxygen atoms in total. The van der Waals surface area contributed by atoms with E-state index in [1.165, 1.54) is 17.0 Å². The van der Waals surface area contributed by atoms with Crippen LogP contribution in [-0.2, 0) is 22.4 Å². The van der Waals surface area contributed by atoms with Gasteiger partial charge in [-0.05, 0) is 60.4 Å². The molecule has 2 aliphatic heterocycles. The van der Waals surface area contributed by atoms with E-state index in [2.05, 4.69) is 0 Å². The summed E-state index contributed by atoms with van der Waals surface area (Å²) in [5.41, 5.74) is 3.17. The number of benzene rings is 3. The number of aromatic hydroxyl groups is 1. The predicted octanol–water partition coefficient (Wildman–Crippen LogP) is 4.38. The molecule has 2 atom stereocenters. The number of nitrogens with zero attached hydrogens (tertiary/aromatic N) is 1. The Morgan fingerprint density at radius 2 is 1.76 bits per heavy atom. The Morgan fingerprint density at radius 3 is 2.50 bits per heavy atom. The monoisotopic (exact) mass is 455 g/mol. The van der Waals surface area contributed by atoms with E-state index in [0.717, 1.165) is 16.9 Å². The minimum Gasteiger partial charge on any atom is -0.508 e. The van der Waals surface area contributed by atoms with Crippen molar-refractivity contribution in [1.29, 1.82) is 0 Å². The van der Waals surface area contributed by atoms with Crippen molar-refractivity contribution in [3.63, 3.8) is 0 Å². The van der Waals surface area contributed by atoms with Crippen LogP contribution in [0.2, 0.25) is 0 Å². The van der Waals surface area contributed by atoms with E-state index in [1.807, 2.05) is 43.3 Å². The molecule has 6 heteroatoms. The molecule has 2 aliphatic rings. The third-order valence-corrected chi connectivity index (χ3v) is 6.40. The lowest BCUT2D eigenvalue weighted by Crippen LogP contribution is -2.31. The highest BCUT2D eigenvalue weighted by Crippen LogP contribution is 2.41. The molecule has 0 bridgehead atoms. The first-order valence-corrected chi connectivity index (χ1v) is 11.3. The SMILES string of the molecule is C[C@@H]1Cc2cc(C(O)=C3C(=O)C(=O)N(CCc4ccccc4)[C@@H]3c3ccc(O)cc3)ccc2O1. The van der Waals surface area contributed by atoms with Gasteiger partial charge in [-0.1, -0.05) is 42.5 Å². The van der Waals surface area contributed by atoms with E-state index in [4.69, 9.17) is 4.74 Å². The molecule has 0 saturated carbocycles. The quantitative estimate of drug-likeness (QED) is 0.339. The molecule has 0 radical (unpaired) electrons. The lowest BCUT2D eigenvalue weighted by Gasteiger charge is -2.25. The number of Topliss-reactive ketones (excluding diaryl/α,β-unsaturated/α-hetero) is 1. The minimum atomic E-state index is -0.757. The number of carbonyl (C=O) groups excluding carboxylic acids is 2. The first kappa shape index (κ1) is 21.8. The molecule has 2 N–H and O–H groups in total. The zero-order valence-corrected chi connectivity index (χ0v) is 18.8. The summed E-state index contributed by atoms with van der Waals surface area (Å²) in [7, 11) is 0. The Bertz CT molecular complexity index is 1280. The van der Waals surface area contributed by atoms with Crippen molar-refractivity contribution >= 4 is 17.4 Å². The van der Waals surface area contributed by atoms with Crippen LogP contribution in [0.1, 0.15) is 35.2 Å². The Hall–Kier alpha value is -4.06. The van der Waals surface area contributed by atoms with Crippen LogP contribution < -0.4 is 4.74 Å². The molecule has 2 heterocycles. The number of ketones is 1. The fraction of sp³-hybridized carbons (Fsp3) is 0.214. The fourth-order valence-electron chi connectivity index (χ4n) is 4.73. The molecule has 3 aromatic carbocycles. The first-order valence-electron chi connectivity index (χ1n) is 11.3. The number of hydrogen-bond donors (Lipinski definition) is 2. The molecular weight excluding hydrogens is 430 g/mol. The number of phenolic OH excluding ortho intramolecular Hbond substituents is 1. The topological polar surface area (TPSA) is 87.1 Å². The molecule has 0 unspecified atom stereocenters. The maximum atomic E-state index is 13.2. The molecule has 3 aromatic rings. The molecule has 34 heavy (non-hydrogen) atoms. The zero-order chi connectivity index (χ0) is 23.8. The van der Waals surface area contributed by atoms with Crippen LogP contribution >= 0.6 is 0 Å². The Kier molecular flexibility index (Phi) is 5.57. The summed E-state index contributed by atoms with van der Waals surface area (Å²) in [6, 6.07) is 20.7. The van der Waals surface area contributed by atoms with Crippen molar-refractivity contribution in [1.82, 2.24) is 4.90 Å². The zero-order valence-electron chi connectivity index (χ0n) is 18.8. The normalized spacial score (nSPS) is 20.9. The third kappa shape index (κ3) is 3.92. The van der Waals surface area contributed by atoms with Crippen LogP contribution in [0.5, 0.6) is 11.5 Å². The van der Waals surface area contributed by atoms with Gasteiger partial charge in [0.1, 0.15) is 23.4 Å². The number of aliphatic hydroxyl groups is 1. The lowest BCUT2D eigenvalue weighted by atomic mass is 9.94. The number of ether oxygens (including phenoxy) is 1. The number of aliphatic hydroxyl groups excluding tert-OH is 1. The highest BCUT2D eigenvalue weighted by atomic mass is 16.5. The van der Waals surface area contributed by atoms with Crippen LogP contribution in [-0.4, -0.2) is 39.5 Å². The molecular formula is C28H25NO5. The van der Waals surface area contributed by atoms with Crippen LogP contribution in [0.3, 0.4) is 0 Å². The second kappa shape index (κ2) is 8.71. The molecule has 1 amide bonds. The van der Waals surface area contributed by atoms with Crippen molar-refractivity contribution in [3.8, 4) is 11.5 Å². The molecule has 1 fully saturated rings. The Labute approximate surface area is 197 Å². The molecule has 0 spiro atoms. The van der Waals surface area contributed by atoms with E-state index in [-0.39, 0.29) is 23.2 Å². The standard InChI is InChI=1S/C28H25NO5/c1-17-15-21-16-20(9-12-23(21)34-17)26(31)24-25(19-7-10-22(30)11-8-19)29(28(33)27(24)32)14-13-18-5-3-2-4-6-18/h2-12,16-17,25,30-31H,13-15H2,1H3/t17-,25-/m1/s1. The molecule has 5 rings (SSSR count). The van der Waals surface area contributed by atoms with Crippen molar-refractivity contribution in [2.75, 3.05) is 6.54 Å². The van der Waals surface area contributed by atoms with Gasteiger partial charge in [-0.15, -0.1) is 0 Å². The summed E-state index contributed by atoms with van der Waals surface area (Å²) in [5.74, 6) is -0.719. The van der Waals surface area contributed by atoms with Gasteiger partial charge in [-0.3, -0.25) is 9.59 Å². The van der Waals surface area contributed by atoms with Crippen molar-refractivity contribution in [2.45, 2.75) is 31.9 Å². The average molecular weight is 456 g/mol. The highest BCUT2D eigenvalue weighted by Gasteiger charge is 2.45. The van der Waals surface area contributed by atoms with Gasteiger partial charge in [0.2, 0.25) is 0 Å². The predicted molar refractivity (Wildman–Crippen MR) is 127 cm³/mol. The van der Waals surface area contributed by atoms with Crippen molar-refractivity contribution in [2.24, 2.45) is 0 Å². The maximum Gasteiger partial charge on any atom is 0.295 e. The number of hydrogen-bond acceptors (Lipinski definition) is 5. The number of carbonyl (C=O) groups is 2. The number of fused-ring (bicyclic) bond motifs is 1. The molecule has 172 valence electrons.